The van der Waals surface area contributed by atoms with Gasteiger partial charge in [-0.15, -0.1) is 0 Å². The highest BCUT2D eigenvalue weighted by atomic mass is 35.5. The lowest BCUT2D eigenvalue weighted by molar-refractivity contribution is -0.112. The first-order valence-electron chi connectivity index (χ1n) is 7.36. The van der Waals surface area contributed by atoms with Crippen molar-refractivity contribution in [2.45, 2.75) is 0 Å². The Morgan fingerprint density at radius 1 is 1.31 bits per heavy atom. The molecular weight excluding hydrogens is 378 g/mol. The monoisotopic (exact) mass is 390 g/mol. The molecule has 2 aromatic rings. The van der Waals surface area contributed by atoms with E-state index in [0.29, 0.717) is 5.56 Å². The van der Waals surface area contributed by atoms with Crippen molar-refractivity contribution in [2.24, 2.45) is 0 Å². The molecule has 0 aromatic heterocycles. The Bertz CT molecular complexity index is 897. The highest BCUT2D eigenvalue weighted by Crippen LogP contribution is 2.35. The van der Waals surface area contributed by atoms with Crippen molar-refractivity contribution in [3.63, 3.8) is 0 Å². The van der Waals surface area contributed by atoms with E-state index in [1.165, 1.54) is 36.4 Å². The van der Waals surface area contributed by atoms with Crippen LogP contribution in [0.5, 0.6) is 5.75 Å². The minimum Gasteiger partial charge on any atom is -0.486 e. The molecule has 0 saturated heterocycles. The van der Waals surface area contributed by atoms with Crippen LogP contribution in [0.15, 0.2) is 54.6 Å². The Morgan fingerprint density at radius 2 is 1.96 bits per heavy atom. The third-order valence-corrected chi connectivity index (χ3v) is 3.73. The molecule has 26 heavy (non-hydrogen) atoms. The van der Waals surface area contributed by atoms with Gasteiger partial charge in [-0.25, -0.2) is 4.39 Å². The van der Waals surface area contributed by atoms with Gasteiger partial charge < -0.3 is 10.1 Å². The Labute approximate surface area is 160 Å². The quantitative estimate of drug-likeness (QED) is 0.416. The largest absolute Gasteiger partial charge is 0.486 e. The molecule has 0 spiro atoms. The molecule has 0 aliphatic heterocycles. The standard InChI is InChI=1S/C19H13Cl2FN2O2/c1-2-7-26-18-14(20)9-12(10-15(18)21)8-13(11-23)19(25)24-17-6-4-3-5-16(17)22/h2-6,8-10H,1,7H2,(H,24,25)/b13-8-. The van der Waals surface area contributed by atoms with E-state index in [4.69, 9.17) is 27.9 Å². The number of halogens is 3. The molecule has 0 fully saturated rings. The van der Waals surface area contributed by atoms with E-state index in [1.807, 2.05) is 0 Å². The van der Waals surface area contributed by atoms with E-state index in [0.717, 1.165) is 0 Å². The van der Waals surface area contributed by atoms with Crippen LogP contribution < -0.4 is 10.1 Å². The van der Waals surface area contributed by atoms with Crippen molar-refractivity contribution in [3.8, 4) is 11.8 Å². The number of nitriles is 1. The van der Waals surface area contributed by atoms with Gasteiger partial charge in [-0.1, -0.05) is 48.0 Å². The van der Waals surface area contributed by atoms with E-state index < -0.39 is 11.7 Å². The minimum absolute atomic E-state index is 0.0251. The maximum atomic E-state index is 13.6. The van der Waals surface area contributed by atoms with Crippen LogP contribution in [0.25, 0.3) is 6.08 Å². The van der Waals surface area contributed by atoms with Crippen LogP contribution in [0, 0.1) is 17.1 Å². The van der Waals surface area contributed by atoms with Crippen LogP contribution in [0.2, 0.25) is 10.0 Å². The van der Waals surface area contributed by atoms with Gasteiger partial charge >= 0.3 is 0 Å². The van der Waals surface area contributed by atoms with E-state index >= 15 is 0 Å². The summed E-state index contributed by atoms with van der Waals surface area (Å²) in [5, 5.41) is 12.0. The van der Waals surface area contributed by atoms with Crippen molar-refractivity contribution < 1.29 is 13.9 Å². The number of rotatable bonds is 6. The van der Waals surface area contributed by atoms with Gasteiger partial charge in [-0.05, 0) is 35.9 Å². The molecule has 1 N–H and O–H groups in total. The van der Waals surface area contributed by atoms with E-state index in [2.05, 4.69) is 11.9 Å². The average molecular weight is 391 g/mol. The number of amides is 1. The normalized spacial score (nSPS) is 10.8. The van der Waals surface area contributed by atoms with Gasteiger partial charge in [-0.2, -0.15) is 5.26 Å². The summed E-state index contributed by atoms with van der Waals surface area (Å²) in [4.78, 5) is 12.2. The first kappa shape index (κ1) is 19.5. The predicted molar refractivity (Wildman–Crippen MR) is 101 cm³/mol. The molecule has 0 saturated carbocycles. The lowest BCUT2D eigenvalue weighted by Gasteiger charge is -2.09. The van der Waals surface area contributed by atoms with E-state index in [9.17, 15) is 14.4 Å². The van der Waals surface area contributed by atoms with Gasteiger partial charge in [0.25, 0.3) is 5.91 Å². The smallest absolute Gasteiger partial charge is 0.266 e. The number of anilines is 1. The SMILES string of the molecule is C=CCOc1c(Cl)cc(/C=C(/C#N)C(=O)Nc2ccccc2F)cc1Cl. The Hall–Kier alpha value is -2.81. The summed E-state index contributed by atoms with van der Waals surface area (Å²) >= 11 is 12.2. The summed E-state index contributed by atoms with van der Waals surface area (Å²) in [6, 6.07) is 10.4. The molecule has 0 heterocycles. The molecular formula is C19H13Cl2FN2O2. The fourth-order valence-electron chi connectivity index (χ4n) is 2.01. The summed E-state index contributed by atoms with van der Waals surface area (Å²) in [6.07, 6.45) is 2.84. The van der Waals surface area contributed by atoms with E-state index in [-0.39, 0.29) is 33.7 Å². The predicted octanol–water partition coefficient (Wildman–Crippen LogP) is 5.24. The van der Waals surface area contributed by atoms with Crippen molar-refractivity contribution in [2.75, 3.05) is 11.9 Å². The summed E-state index contributed by atoms with van der Waals surface area (Å²) in [7, 11) is 0. The average Bonchev–Trinajstić information content (AvgIpc) is 2.61. The zero-order chi connectivity index (χ0) is 19.1. The molecule has 0 bridgehead atoms. The summed E-state index contributed by atoms with van der Waals surface area (Å²) in [6.45, 7) is 3.76. The van der Waals surface area contributed by atoms with Gasteiger partial charge in [0.05, 0.1) is 15.7 Å². The van der Waals surface area contributed by atoms with E-state index in [1.54, 1.807) is 18.2 Å². The maximum absolute atomic E-state index is 13.6. The topological polar surface area (TPSA) is 62.1 Å². The highest BCUT2D eigenvalue weighted by molar-refractivity contribution is 6.37. The second-order valence-electron chi connectivity index (χ2n) is 5.02. The summed E-state index contributed by atoms with van der Waals surface area (Å²) in [5.41, 5.74) is 0.161. The first-order chi connectivity index (χ1) is 12.5. The molecule has 0 atom stereocenters. The molecule has 2 aromatic carbocycles. The lowest BCUT2D eigenvalue weighted by Crippen LogP contribution is -2.14. The van der Waals surface area contributed by atoms with Crippen LogP contribution in [0.4, 0.5) is 10.1 Å². The Morgan fingerprint density at radius 3 is 2.54 bits per heavy atom. The molecule has 0 aliphatic rings. The fourth-order valence-corrected chi connectivity index (χ4v) is 2.62. The number of carbonyl (C=O) groups is 1. The zero-order valence-corrected chi connectivity index (χ0v) is 14.9. The van der Waals surface area contributed by atoms with Crippen LogP contribution in [-0.2, 0) is 4.79 Å². The van der Waals surface area contributed by atoms with Crippen LogP contribution in [-0.4, -0.2) is 12.5 Å². The number of ether oxygens (including phenoxy) is 1. The molecule has 4 nitrogen and oxygen atoms in total. The van der Waals surface area contributed by atoms with Gasteiger partial charge in [0.2, 0.25) is 0 Å². The second-order valence-corrected chi connectivity index (χ2v) is 5.83. The summed E-state index contributed by atoms with van der Waals surface area (Å²) < 4.78 is 19.0. The van der Waals surface area contributed by atoms with Gasteiger partial charge in [-0.3, -0.25) is 4.79 Å². The molecule has 7 heteroatoms. The van der Waals surface area contributed by atoms with Crippen molar-refractivity contribution in [1.82, 2.24) is 0 Å². The van der Waals surface area contributed by atoms with Crippen molar-refractivity contribution in [3.05, 3.63) is 76.1 Å². The van der Waals surface area contributed by atoms with Crippen molar-refractivity contribution in [1.29, 1.82) is 5.26 Å². The third-order valence-electron chi connectivity index (χ3n) is 3.16. The number of para-hydroxylation sites is 1. The van der Waals surface area contributed by atoms with Crippen LogP contribution >= 0.6 is 23.2 Å². The molecule has 1 amide bonds. The van der Waals surface area contributed by atoms with Crippen molar-refractivity contribution >= 4 is 40.9 Å². The Balaban J connectivity index is 2.28. The Kier molecular flexibility index (Phi) is 6.79. The maximum Gasteiger partial charge on any atom is 0.266 e. The number of hydrogen-bond acceptors (Lipinski definition) is 3. The number of nitrogens with zero attached hydrogens (tertiary/aromatic N) is 1. The van der Waals surface area contributed by atoms with Gasteiger partial charge in [0, 0.05) is 0 Å². The summed E-state index contributed by atoms with van der Waals surface area (Å²) in [5.74, 6) is -1.08. The first-order valence-corrected chi connectivity index (χ1v) is 8.12. The molecule has 0 radical (unpaired) electrons. The van der Waals surface area contributed by atoms with Gasteiger partial charge in [0.15, 0.2) is 5.75 Å². The number of nitrogens with one attached hydrogen (secondary N) is 1. The number of carbonyl (C=O) groups excluding carboxylic acids is 1. The molecule has 132 valence electrons. The molecule has 2 rings (SSSR count). The number of hydrogen-bond donors (Lipinski definition) is 1. The van der Waals surface area contributed by atoms with Gasteiger partial charge in [0.1, 0.15) is 24.1 Å². The van der Waals surface area contributed by atoms with Crippen LogP contribution in [0.3, 0.4) is 0 Å². The minimum atomic E-state index is -0.753. The lowest BCUT2D eigenvalue weighted by atomic mass is 10.1. The zero-order valence-electron chi connectivity index (χ0n) is 13.4. The molecule has 0 aliphatic carbocycles. The number of benzene rings is 2. The third kappa shape index (κ3) is 4.85. The van der Waals surface area contributed by atoms with Crippen LogP contribution in [0.1, 0.15) is 5.56 Å². The fraction of sp³-hybridized carbons (Fsp3) is 0.0526. The molecule has 0 unspecified atom stereocenters. The second kappa shape index (κ2) is 9.04. The highest BCUT2D eigenvalue weighted by Gasteiger charge is 2.14.